The molecule has 280 valence electrons. The summed E-state index contributed by atoms with van der Waals surface area (Å²) in [7, 11) is 0. The third kappa shape index (κ3) is 15.0. The molecule has 0 amide bonds. The van der Waals surface area contributed by atoms with Gasteiger partial charge in [0.1, 0.15) is 23.5 Å². The summed E-state index contributed by atoms with van der Waals surface area (Å²) in [6, 6.07) is 29.7. The minimum atomic E-state index is -0.522. The molecule has 0 unspecified atom stereocenters. The number of aromatic nitrogens is 1. The highest BCUT2D eigenvalue weighted by molar-refractivity contribution is 9.10. The molecule has 1 aromatic heterocycles. The van der Waals surface area contributed by atoms with Gasteiger partial charge in [0.05, 0.1) is 18.8 Å². The number of hydrogen-bond acceptors (Lipinski definition) is 7. The maximum Gasteiger partial charge on any atom is 0.338 e. The third-order valence-electron chi connectivity index (χ3n) is 8.37. The lowest BCUT2D eigenvalue weighted by Gasteiger charge is -2.08. The minimum Gasteiger partial charge on any atom is -0.494 e. The van der Waals surface area contributed by atoms with E-state index in [9.17, 15) is 9.59 Å². The number of Topliss-reactive ketones (excluding diaryl/α,β-unsaturated/α-hetero) is 1. The first-order valence-electron chi connectivity index (χ1n) is 18.5. The Hall–Kier alpha value is -4.21. The van der Waals surface area contributed by atoms with Crippen molar-refractivity contribution in [3.8, 4) is 34.2 Å². The maximum absolute atomic E-state index is 12.1. The van der Waals surface area contributed by atoms with Crippen LogP contribution in [0.1, 0.15) is 98.8 Å². The summed E-state index contributed by atoms with van der Waals surface area (Å²) in [6.07, 6.45) is 13.9. The standard InChI is InChI=1S/C22H24BrNO2.C22H25BrO4/c1-2-3-4-5-6-15-25-20-13-9-18(10-14-20)22-24-21(16-26-22)17-7-11-19(23)12-8-17;1-2-3-4-5-6-15-26-20-13-9-18(10-14-20)22(25)27-16-21(24)17-7-11-19(23)12-8-17/h7-14,16H,2-6,15H2,1H3;7-14H,2-6,15-16H2,1H3. The SMILES string of the molecule is CCCCCCCOc1ccc(-c2nc(-c3ccc(Br)cc3)co2)cc1.CCCCCCCOc1ccc(C(=O)OCC(=O)c2ccc(Br)cc2)cc1. The lowest BCUT2D eigenvalue weighted by molar-refractivity contribution is 0.0474. The summed E-state index contributed by atoms with van der Waals surface area (Å²) in [4.78, 5) is 28.7. The number of carbonyl (C=O) groups is 2. The topological polar surface area (TPSA) is 87.9 Å². The molecule has 0 atom stereocenters. The Morgan fingerprint density at radius 2 is 1.06 bits per heavy atom. The average molecular weight is 848 g/mol. The molecule has 5 aromatic rings. The van der Waals surface area contributed by atoms with Crippen molar-refractivity contribution in [1.29, 1.82) is 0 Å². The van der Waals surface area contributed by atoms with E-state index in [2.05, 4.69) is 50.7 Å². The summed E-state index contributed by atoms with van der Waals surface area (Å²) >= 11 is 6.76. The summed E-state index contributed by atoms with van der Waals surface area (Å²) in [5, 5.41) is 0. The first-order chi connectivity index (χ1) is 25.9. The van der Waals surface area contributed by atoms with Gasteiger partial charge in [0.15, 0.2) is 12.4 Å². The zero-order valence-electron chi connectivity index (χ0n) is 30.7. The number of hydrogen-bond donors (Lipinski definition) is 0. The largest absolute Gasteiger partial charge is 0.494 e. The summed E-state index contributed by atoms with van der Waals surface area (Å²) in [6.45, 7) is 5.59. The van der Waals surface area contributed by atoms with Crippen LogP contribution in [0.3, 0.4) is 0 Å². The number of oxazole rings is 1. The Bertz CT molecular complexity index is 1790. The highest BCUT2D eigenvalue weighted by atomic mass is 79.9. The second-order valence-electron chi connectivity index (χ2n) is 12.6. The molecule has 0 bridgehead atoms. The minimum absolute atomic E-state index is 0.237. The van der Waals surface area contributed by atoms with Crippen LogP contribution >= 0.6 is 31.9 Å². The molecule has 0 radical (unpaired) electrons. The molecule has 1 heterocycles. The number of nitrogens with zero attached hydrogens (tertiary/aromatic N) is 1. The van der Waals surface area contributed by atoms with Crippen molar-refractivity contribution in [2.24, 2.45) is 0 Å². The highest BCUT2D eigenvalue weighted by Gasteiger charge is 2.12. The fourth-order valence-electron chi connectivity index (χ4n) is 5.27. The normalized spacial score (nSPS) is 10.6. The Kier molecular flexibility index (Phi) is 18.4. The predicted molar refractivity (Wildman–Crippen MR) is 219 cm³/mol. The zero-order valence-corrected chi connectivity index (χ0v) is 33.8. The number of halogens is 2. The van der Waals surface area contributed by atoms with Gasteiger partial charge in [-0.15, -0.1) is 0 Å². The van der Waals surface area contributed by atoms with E-state index in [1.54, 1.807) is 54.8 Å². The third-order valence-corrected chi connectivity index (χ3v) is 9.43. The van der Waals surface area contributed by atoms with Crippen molar-refractivity contribution in [3.05, 3.63) is 123 Å². The highest BCUT2D eigenvalue weighted by Crippen LogP contribution is 2.27. The van der Waals surface area contributed by atoms with Crippen molar-refractivity contribution in [3.63, 3.8) is 0 Å². The number of carbonyl (C=O) groups excluding carboxylic acids is 2. The van der Waals surface area contributed by atoms with E-state index in [0.717, 1.165) is 56.7 Å². The van der Waals surface area contributed by atoms with E-state index in [1.807, 2.05) is 48.5 Å². The number of ketones is 1. The van der Waals surface area contributed by atoms with Crippen molar-refractivity contribution < 1.29 is 28.2 Å². The molecule has 0 saturated carbocycles. The van der Waals surface area contributed by atoms with Gasteiger partial charge in [0.2, 0.25) is 5.89 Å². The van der Waals surface area contributed by atoms with Crippen molar-refractivity contribution in [2.75, 3.05) is 19.8 Å². The number of ether oxygens (including phenoxy) is 3. The van der Waals surface area contributed by atoms with Gasteiger partial charge in [0.25, 0.3) is 0 Å². The van der Waals surface area contributed by atoms with E-state index >= 15 is 0 Å². The van der Waals surface area contributed by atoms with Gasteiger partial charge >= 0.3 is 5.97 Å². The summed E-state index contributed by atoms with van der Waals surface area (Å²) < 4.78 is 24.2. The Balaban J connectivity index is 0.000000237. The van der Waals surface area contributed by atoms with Crippen LogP contribution in [0.25, 0.3) is 22.7 Å². The van der Waals surface area contributed by atoms with E-state index in [1.165, 1.54) is 51.4 Å². The molecule has 0 spiro atoms. The molecule has 0 aliphatic heterocycles. The lowest BCUT2D eigenvalue weighted by Crippen LogP contribution is -2.14. The van der Waals surface area contributed by atoms with Gasteiger partial charge in [-0.2, -0.15) is 0 Å². The van der Waals surface area contributed by atoms with E-state index < -0.39 is 5.97 Å². The predicted octanol–water partition coefficient (Wildman–Crippen LogP) is 13.0. The number of esters is 1. The van der Waals surface area contributed by atoms with Crippen LogP contribution < -0.4 is 9.47 Å². The second-order valence-corrected chi connectivity index (χ2v) is 14.5. The van der Waals surface area contributed by atoms with Crippen LogP contribution in [-0.2, 0) is 4.74 Å². The summed E-state index contributed by atoms with van der Waals surface area (Å²) in [5.74, 6) is 1.48. The molecular weight excluding hydrogens is 798 g/mol. The Morgan fingerprint density at radius 3 is 1.60 bits per heavy atom. The summed E-state index contributed by atoms with van der Waals surface area (Å²) in [5.41, 5.74) is 3.72. The molecule has 0 aliphatic carbocycles. The van der Waals surface area contributed by atoms with Crippen LogP contribution in [0.15, 0.2) is 117 Å². The first-order valence-corrected chi connectivity index (χ1v) is 20.1. The van der Waals surface area contributed by atoms with Gasteiger partial charge < -0.3 is 18.6 Å². The van der Waals surface area contributed by atoms with E-state index in [4.69, 9.17) is 18.6 Å². The number of rotatable bonds is 20. The Labute approximate surface area is 330 Å². The number of unbranched alkanes of at least 4 members (excludes halogenated alkanes) is 8. The molecule has 0 aliphatic rings. The molecule has 5 rings (SSSR count). The van der Waals surface area contributed by atoms with E-state index in [0.29, 0.717) is 23.6 Å². The average Bonchev–Trinajstić information content (AvgIpc) is 3.68. The molecule has 53 heavy (non-hydrogen) atoms. The lowest BCUT2D eigenvalue weighted by atomic mass is 10.1. The molecule has 7 nitrogen and oxygen atoms in total. The van der Waals surface area contributed by atoms with Gasteiger partial charge in [-0.1, -0.05) is 121 Å². The van der Waals surface area contributed by atoms with Crippen LogP contribution in [0.4, 0.5) is 0 Å². The van der Waals surface area contributed by atoms with E-state index in [-0.39, 0.29) is 12.4 Å². The molecule has 0 saturated heterocycles. The van der Waals surface area contributed by atoms with Crippen molar-refractivity contribution in [2.45, 2.75) is 78.1 Å². The van der Waals surface area contributed by atoms with Crippen LogP contribution in [-0.4, -0.2) is 36.6 Å². The van der Waals surface area contributed by atoms with Crippen LogP contribution in [0.5, 0.6) is 11.5 Å². The van der Waals surface area contributed by atoms with Crippen molar-refractivity contribution in [1.82, 2.24) is 4.98 Å². The monoisotopic (exact) mass is 845 g/mol. The second kappa shape index (κ2) is 23.5. The van der Waals surface area contributed by atoms with Gasteiger partial charge in [-0.05, 0) is 85.6 Å². The number of benzene rings is 4. The molecule has 0 N–H and O–H groups in total. The Morgan fingerprint density at radius 1 is 0.585 bits per heavy atom. The van der Waals surface area contributed by atoms with Crippen LogP contribution in [0.2, 0.25) is 0 Å². The molecule has 4 aromatic carbocycles. The first kappa shape index (κ1) is 41.5. The zero-order chi connectivity index (χ0) is 37.7. The maximum atomic E-state index is 12.1. The quantitative estimate of drug-likeness (QED) is 0.0438. The molecule has 0 fully saturated rings. The van der Waals surface area contributed by atoms with Crippen molar-refractivity contribution >= 4 is 43.6 Å². The fraction of sp³-hybridized carbons (Fsp3) is 0.341. The van der Waals surface area contributed by atoms with Gasteiger partial charge in [-0.3, -0.25) is 4.79 Å². The smallest absolute Gasteiger partial charge is 0.338 e. The van der Waals surface area contributed by atoms with Gasteiger partial charge in [-0.25, -0.2) is 9.78 Å². The van der Waals surface area contributed by atoms with Gasteiger partial charge in [0, 0.05) is 25.6 Å². The molecule has 9 heteroatoms. The van der Waals surface area contributed by atoms with Crippen LogP contribution in [0, 0.1) is 0 Å². The molecular formula is C44H49Br2NO6. The fourth-order valence-corrected chi connectivity index (χ4v) is 5.79.